The van der Waals surface area contributed by atoms with E-state index in [1.54, 1.807) is 7.11 Å². The molecular formula is C33H30O. The standard InChI is InChI=1S/C33H30O/c1-3-26-4-6-27(7-5-26)8-9-28-10-12-29(13-11-28)14-15-30-16-18-31(19-17-30)20-21-32-22-24-33(34-2)25-23-32/h4-25H,3H2,1-2H3/b9-8+,15-14+,21-20+. The van der Waals surface area contributed by atoms with Crippen LogP contribution in [0.3, 0.4) is 0 Å². The number of rotatable bonds is 8. The SMILES string of the molecule is CCc1ccc(/C=C/c2ccc(/C=C/c3ccc(/C=C/c4ccc(OC)cc4)cc3)cc2)cc1. The van der Waals surface area contributed by atoms with Crippen LogP contribution in [-0.2, 0) is 6.42 Å². The summed E-state index contributed by atoms with van der Waals surface area (Å²) in [7, 11) is 1.68. The zero-order chi connectivity index (χ0) is 23.6. The predicted octanol–water partition coefficient (Wildman–Crippen LogP) is 8.77. The van der Waals surface area contributed by atoms with Crippen molar-refractivity contribution in [2.45, 2.75) is 13.3 Å². The summed E-state index contributed by atoms with van der Waals surface area (Å²) in [6, 6.07) is 34.0. The van der Waals surface area contributed by atoms with E-state index in [4.69, 9.17) is 4.74 Å². The quantitative estimate of drug-likeness (QED) is 0.248. The van der Waals surface area contributed by atoms with Gasteiger partial charge in [0.1, 0.15) is 5.75 Å². The molecule has 0 bridgehead atoms. The normalized spacial score (nSPS) is 11.6. The summed E-state index contributed by atoms with van der Waals surface area (Å²) in [5.41, 5.74) is 8.49. The molecule has 0 saturated carbocycles. The van der Waals surface area contributed by atoms with E-state index in [0.29, 0.717) is 0 Å². The van der Waals surface area contributed by atoms with Gasteiger partial charge in [-0.3, -0.25) is 0 Å². The second kappa shape index (κ2) is 11.7. The van der Waals surface area contributed by atoms with Crippen molar-refractivity contribution >= 4 is 36.5 Å². The van der Waals surface area contributed by atoms with Crippen LogP contribution in [0, 0.1) is 0 Å². The van der Waals surface area contributed by atoms with Crippen molar-refractivity contribution in [1.29, 1.82) is 0 Å². The topological polar surface area (TPSA) is 9.23 Å². The lowest BCUT2D eigenvalue weighted by atomic mass is 10.1. The van der Waals surface area contributed by atoms with Gasteiger partial charge >= 0.3 is 0 Å². The van der Waals surface area contributed by atoms with E-state index in [-0.39, 0.29) is 0 Å². The van der Waals surface area contributed by atoms with Crippen molar-refractivity contribution in [3.8, 4) is 5.75 Å². The summed E-state index contributed by atoms with van der Waals surface area (Å²) in [6.45, 7) is 2.18. The van der Waals surface area contributed by atoms with Crippen molar-refractivity contribution in [2.75, 3.05) is 7.11 Å². The van der Waals surface area contributed by atoms with Crippen LogP contribution in [0.1, 0.15) is 45.9 Å². The minimum Gasteiger partial charge on any atom is -0.497 e. The maximum atomic E-state index is 5.21. The van der Waals surface area contributed by atoms with E-state index in [2.05, 4.69) is 128 Å². The van der Waals surface area contributed by atoms with Crippen molar-refractivity contribution in [1.82, 2.24) is 0 Å². The van der Waals surface area contributed by atoms with E-state index >= 15 is 0 Å². The summed E-state index contributed by atoms with van der Waals surface area (Å²) in [5, 5.41) is 0. The maximum Gasteiger partial charge on any atom is 0.118 e. The summed E-state index contributed by atoms with van der Waals surface area (Å²) < 4.78 is 5.21. The average Bonchev–Trinajstić information content (AvgIpc) is 2.91. The molecule has 0 amide bonds. The van der Waals surface area contributed by atoms with Crippen LogP contribution in [0.4, 0.5) is 0 Å². The Balaban J connectivity index is 1.33. The zero-order valence-electron chi connectivity index (χ0n) is 19.8. The summed E-state index contributed by atoms with van der Waals surface area (Å²) in [6.07, 6.45) is 13.9. The molecule has 0 spiro atoms. The number of methoxy groups -OCH3 is 1. The van der Waals surface area contributed by atoms with Gasteiger partial charge < -0.3 is 4.74 Å². The maximum absolute atomic E-state index is 5.21. The van der Waals surface area contributed by atoms with Crippen LogP contribution in [0.15, 0.2) is 97.1 Å². The Labute approximate surface area is 203 Å². The van der Waals surface area contributed by atoms with Gasteiger partial charge in [0.25, 0.3) is 0 Å². The third kappa shape index (κ3) is 6.70. The Morgan fingerprint density at radius 2 is 0.706 bits per heavy atom. The lowest BCUT2D eigenvalue weighted by Gasteiger charge is -2.00. The van der Waals surface area contributed by atoms with Crippen molar-refractivity contribution in [3.05, 3.63) is 136 Å². The molecule has 4 rings (SSSR count). The number of ether oxygens (including phenoxy) is 1. The summed E-state index contributed by atoms with van der Waals surface area (Å²) >= 11 is 0. The van der Waals surface area contributed by atoms with Gasteiger partial charge in [0, 0.05) is 0 Å². The van der Waals surface area contributed by atoms with Gasteiger partial charge in [0.05, 0.1) is 7.11 Å². The Bertz CT molecular complexity index is 1150. The first-order valence-electron chi connectivity index (χ1n) is 11.7. The van der Waals surface area contributed by atoms with Crippen molar-refractivity contribution < 1.29 is 4.74 Å². The summed E-state index contributed by atoms with van der Waals surface area (Å²) in [5.74, 6) is 0.872. The monoisotopic (exact) mass is 442 g/mol. The van der Waals surface area contributed by atoms with E-state index < -0.39 is 0 Å². The molecule has 4 aromatic carbocycles. The number of aryl methyl sites for hydroxylation is 1. The van der Waals surface area contributed by atoms with Gasteiger partial charge in [-0.25, -0.2) is 0 Å². The van der Waals surface area contributed by atoms with E-state index in [0.717, 1.165) is 17.7 Å². The highest BCUT2D eigenvalue weighted by molar-refractivity contribution is 5.74. The highest BCUT2D eigenvalue weighted by atomic mass is 16.5. The molecule has 168 valence electrons. The second-order valence-corrected chi connectivity index (χ2v) is 8.20. The fraction of sp³-hybridized carbons (Fsp3) is 0.0909. The first-order valence-corrected chi connectivity index (χ1v) is 11.7. The Kier molecular flexibility index (Phi) is 7.92. The molecule has 34 heavy (non-hydrogen) atoms. The minimum absolute atomic E-state index is 0.872. The number of benzene rings is 4. The average molecular weight is 443 g/mol. The molecule has 0 aliphatic rings. The van der Waals surface area contributed by atoms with Crippen LogP contribution in [0.5, 0.6) is 5.75 Å². The van der Waals surface area contributed by atoms with E-state index in [1.807, 2.05) is 12.1 Å². The Morgan fingerprint density at radius 1 is 0.441 bits per heavy atom. The van der Waals surface area contributed by atoms with Gasteiger partial charge in [-0.2, -0.15) is 0 Å². The van der Waals surface area contributed by atoms with Crippen molar-refractivity contribution in [3.63, 3.8) is 0 Å². The van der Waals surface area contributed by atoms with Crippen molar-refractivity contribution in [2.24, 2.45) is 0 Å². The summed E-state index contributed by atoms with van der Waals surface area (Å²) in [4.78, 5) is 0. The third-order valence-electron chi connectivity index (χ3n) is 5.78. The molecule has 1 nitrogen and oxygen atoms in total. The van der Waals surface area contributed by atoms with Crippen LogP contribution in [-0.4, -0.2) is 7.11 Å². The molecule has 0 N–H and O–H groups in total. The highest BCUT2D eigenvalue weighted by Gasteiger charge is 1.94. The third-order valence-corrected chi connectivity index (χ3v) is 5.78. The highest BCUT2D eigenvalue weighted by Crippen LogP contribution is 2.16. The molecule has 0 atom stereocenters. The molecule has 0 aliphatic heterocycles. The van der Waals surface area contributed by atoms with Gasteiger partial charge in [0.15, 0.2) is 0 Å². The van der Waals surface area contributed by atoms with Crippen LogP contribution >= 0.6 is 0 Å². The second-order valence-electron chi connectivity index (χ2n) is 8.20. The predicted molar refractivity (Wildman–Crippen MR) is 148 cm³/mol. The molecule has 0 unspecified atom stereocenters. The largest absolute Gasteiger partial charge is 0.497 e. The molecule has 1 heteroatoms. The molecular weight excluding hydrogens is 412 g/mol. The molecule has 0 heterocycles. The smallest absolute Gasteiger partial charge is 0.118 e. The molecule has 0 fully saturated rings. The Hall–Kier alpha value is -4.10. The van der Waals surface area contributed by atoms with Gasteiger partial charge in [-0.1, -0.05) is 128 Å². The Morgan fingerprint density at radius 3 is 0.971 bits per heavy atom. The van der Waals surface area contributed by atoms with Gasteiger partial charge in [0.2, 0.25) is 0 Å². The molecule has 0 aromatic heterocycles. The van der Waals surface area contributed by atoms with Gasteiger partial charge in [-0.05, 0) is 57.5 Å². The fourth-order valence-corrected chi connectivity index (χ4v) is 3.59. The first-order chi connectivity index (χ1) is 16.7. The lowest BCUT2D eigenvalue weighted by Crippen LogP contribution is -1.81. The van der Waals surface area contributed by atoms with E-state index in [1.165, 1.54) is 33.4 Å². The molecule has 4 aromatic rings. The fourth-order valence-electron chi connectivity index (χ4n) is 3.59. The zero-order valence-corrected chi connectivity index (χ0v) is 19.8. The van der Waals surface area contributed by atoms with E-state index in [9.17, 15) is 0 Å². The van der Waals surface area contributed by atoms with Crippen LogP contribution < -0.4 is 4.74 Å². The minimum atomic E-state index is 0.872. The number of hydrogen-bond acceptors (Lipinski definition) is 1. The number of hydrogen-bond donors (Lipinski definition) is 0. The van der Waals surface area contributed by atoms with Crippen LogP contribution in [0.2, 0.25) is 0 Å². The molecule has 0 radical (unpaired) electrons. The molecule has 0 saturated heterocycles. The molecule has 0 aliphatic carbocycles. The lowest BCUT2D eigenvalue weighted by molar-refractivity contribution is 0.415. The first kappa shape index (κ1) is 23.1. The van der Waals surface area contributed by atoms with Crippen LogP contribution in [0.25, 0.3) is 36.5 Å². The van der Waals surface area contributed by atoms with Gasteiger partial charge in [-0.15, -0.1) is 0 Å².